The highest BCUT2D eigenvalue weighted by molar-refractivity contribution is 7.99. The Bertz CT molecular complexity index is 1250. The van der Waals surface area contributed by atoms with Crippen LogP contribution in [0.2, 0.25) is 10.0 Å². The summed E-state index contributed by atoms with van der Waals surface area (Å²) in [6.07, 6.45) is 0. The number of non-ortho nitro benzene ring substituents is 1. The lowest BCUT2D eigenvalue weighted by Gasteiger charge is -2.22. The maximum absolute atomic E-state index is 12.8. The first-order valence-electron chi connectivity index (χ1n) is 10.4. The number of carbonyl (C=O) groups excluding carboxylic acids is 2. The van der Waals surface area contributed by atoms with E-state index in [1.165, 1.54) is 42.1 Å². The highest BCUT2D eigenvalue weighted by atomic mass is 35.5. The van der Waals surface area contributed by atoms with Crippen LogP contribution in [0.4, 0.5) is 11.4 Å². The minimum absolute atomic E-state index is 0.00657. The van der Waals surface area contributed by atoms with Crippen molar-refractivity contribution in [2.75, 3.05) is 11.1 Å². The lowest BCUT2D eigenvalue weighted by atomic mass is 10.0. The van der Waals surface area contributed by atoms with Crippen molar-refractivity contribution >= 4 is 58.2 Å². The highest BCUT2D eigenvalue weighted by Crippen LogP contribution is 2.26. The lowest BCUT2D eigenvalue weighted by molar-refractivity contribution is -0.384. The summed E-state index contributed by atoms with van der Waals surface area (Å²) in [5, 5.41) is 25.9. The molecule has 3 rings (SSSR count). The fourth-order valence-corrected chi connectivity index (χ4v) is 4.12. The molecule has 1 heterocycles. The molecule has 35 heavy (non-hydrogen) atoms. The number of nitro groups is 1. The van der Waals surface area contributed by atoms with Crippen LogP contribution in [0.25, 0.3) is 0 Å². The second-order valence-electron chi connectivity index (χ2n) is 7.86. The molecule has 10 nitrogen and oxygen atoms in total. The van der Waals surface area contributed by atoms with Crippen LogP contribution < -0.4 is 10.6 Å². The molecule has 3 aromatic rings. The van der Waals surface area contributed by atoms with Gasteiger partial charge in [-0.3, -0.25) is 19.7 Å². The fraction of sp³-hybridized carbons (Fsp3) is 0.273. The number of anilines is 1. The SMILES string of the molecule is CC(C)[C@@H](NC(=O)c1ccc(Cl)c(Cl)c1)c1nnc(SCC(=O)Nc2ccc([N+](=O)[O-])cc2)n1C. The Balaban J connectivity index is 1.65. The van der Waals surface area contributed by atoms with Gasteiger partial charge in [0.1, 0.15) is 0 Å². The van der Waals surface area contributed by atoms with Crippen molar-refractivity contribution < 1.29 is 14.5 Å². The summed E-state index contributed by atoms with van der Waals surface area (Å²) in [5.41, 5.74) is 0.754. The van der Waals surface area contributed by atoms with Gasteiger partial charge in [0, 0.05) is 30.4 Å². The second-order valence-corrected chi connectivity index (χ2v) is 9.62. The summed E-state index contributed by atoms with van der Waals surface area (Å²) >= 11 is 13.1. The summed E-state index contributed by atoms with van der Waals surface area (Å²) < 4.78 is 1.73. The van der Waals surface area contributed by atoms with Crippen molar-refractivity contribution in [1.29, 1.82) is 0 Å². The third kappa shape index (κ3) is 6.71. The molecule has 13 heteroatoms. The van der Waals surface area contributed by atoms with E-state index in [1.54, 1.807) is 23.7 Å². The molecule has 0 spiro atoms. The van der Waals surface area contributed by atoms with Gasteiger partial charge in [-0.2, -0.15) is 0 Å². The van der Waals surface area contributed by atoms with Crippen LogP contribution in [0.15, 0.2) is 47.6 Å². The molecule has 0 saturated carbocycles. The minimum Gasteiger partial charge on any atom is -0.342 e. The fourth-order valence-electron chi connectivity index (χ4n) is 3.11. The van der Waals surface area contributed by atoms with Gasteiger partial charge in [0.25, 0.3) is 11.6 Å². The summed E-state index contributed by atoms with van der Waals surface area (Å²) in [6.45, 7) is 3.89. The Labute approximate surface area is 215 Å². The van der Waals surface area contributed by atoms with Crippen molar-refractivity contribution in [2.24, 2.45) is 13.0 Å². The lowest BCUT2D eigenvalue weighted by Crippen LogP contribution is -2.33. The van der Waals surface area contributed by atoms with Gasteiger partial charge in [-0.15, -0.1) is 10.2 Å². The van der Waals surface area contributed by atoms with E-state index in [0.29, 0.717) is 27.3 Å². The summed E-state index contributed by atoms with van der Waals surface area (Å²) in [5.74, 6) is -0.0615. The molecule has 0 unspecified atom stereocenters. The number of aromatic nitrogens is 3. The van der Waals surface area contributed by atoms with Crippen LogP contribution in [0.5, 0.6) is 0 Å². The van der Waals surface area contributed by atoms with Gasteiger partial charge in [0.2, 0.25) is 5.91 Å². The van der Waals surface area contributed by atoms with Gasteiger partial charge < -0.3 is 15.2 Å². The number of amides is 2. The Morgan fingerprint density at radius 2 is 1.80 bits per heavy atom. The normalized spacial score (nSPS) is 11.8. The molecule has 0 saturated heterocycles. The largest absolute Gasteiger partial charge is 0.342 e. The van der Waals surface area contributed by atoms with Crippen LogP contribution >= 0.6 is 35.0 Å². The van der Waals surface area contributed by atoms with E-state index in [4.69, 9.17) is 23.2 Å². The number of nitrogens with zero attached hydrogens (tertiary/aromatic N) is 4. The number of hydrogen-bond donors (Lipinski definition) is 2. The summed E-state index contributed by atoms with van der Waals surface area (Å²) in [6, 6.07) is 9.75. The Morgan fingerprint density at radius 3 is 2.40 bits per heavy atom. The molecule has 184 valence electrons. The molecule has 2 amide bonds. The molecule has 1 aromatic heterocycles. The first-order valence-corrected chi connectivity index (χ1v) is 12.1. The Morgan fingerprint density at radius 1 is 1.11 bits per heavy atom. The topological polar surface area (TPSA) is 132 Å². The van der Waals surface area contributed by atoms with E-state index in [2.05, 4.69) is 20.8 Å². The summed E-state index contributed by atoms with van der Waals surface area (Å²) in [4.78, 5) is 35.3. The van der Waals surface area contributed by atoms with Crippen molar-refractivity contribution in [3.05, 3.63) is 74.0 Å². The van der Waals surface area contributed by atoms with Crippen LogP contribution in [0.1, 0.15) is 36.1 Å². The maximum Gasteiger partial charge on any atom is 0.269 e. The van der Waals surface area contributed by atoms with Crippen LogP contribution in [-0.2, 0) is 11.8 Å². The number of thioether (sulfide) groups is 1. The molecule has 0 aliphatic rings. The van der Waals surface area contributed by atoms with E-state index in [9.17, 15) is 19.7 Å². The number of rotatable bonds is 9. The molecule has 0 bridgehead atoms. The Hall–Kier alpha value is -3.15. The molecular formula is C22H22Cl2N6O4S. The zero-order valence-electron chi connectivity index (χ0n) is 19.0. The van der Waals surface area contributed by atoms with Crippen LogP contribution in [0, 0.1) is 16.0 Å². The highest BCUT2D eigenvalue weighted by Gasteiger charge is 2.25. The monoisotopic (exact) mass is 536 g/mol. The van der Waals surface area contributed by atoms with Crippen LogP contribution in [0.3, 0.4) is 0 Å². The van der Waals surface area contributed by atoms with Crippen molar-refractivity contribution in [3.63, 3.8) is 0 Å². The minimum atomic E-state index is -0.509. The smallest absolute Gasteiger partial charge is 0.269 e. The quantitative estimate of drug-likeness (QED) is 0.226. The van der Waals surface area contributed by atoms with Gasteiger partial charge in [-0.05, 0) is 36.2 Å². The van der Waals surface area contributed by atoms with Gasteiger partial charge in [-0.25, -0.2) is 0 Å². The third-order valence-corrected chi connectivity index (χ3v) is 6.74. The maximum atomic E-state index is 12.8. The predicted molar refractivity (Wildman–Crippen MR) is 135 cm³/mol. The number of nitrogens with one attached hydrogen (secondary N) is 2. The van der Waals surface area contributed by atoms with Gasteiger partial charge >= 0.3 is 0 Å². The second kappa shape index (κ2) is 11.5. The molecular weight excluding hydrogens is 515 g/mol. The number of benzene rings is 2. The Kier molecular flexibility index (Phi) is 8.71. The molecule has 0 radical (unpaired) electrons. The standard InChI is InChI=1S/C22H22Cl2N6O4S/c1-12(2)19(26-21(32)13-4-9-16(23)17(24)10-13)20-27-28-22(29(20)3)35-11-18(31)25-14-5-7-15(8-6-14)30(33)34/h4-10,12,19H,11H2,1-3H3,(H,25,31)(H,26,32)/t19-/m1/s1. The molecule has 0 aliphatic heterocycles. The zero-order chi connectivity index (χ0) is 25.7. The van der Waals surface area contributed by atoms with Crippen molar-refractivity contribution in [2.45, 2.75) is 25.0 Å². The average molecular weight is 537 g/mol. The van der Waals surface area contributed by atoms with Gasteiger partial charge in [0.05, 0.1) is 26.8 Å². The van der Waals surface area contributed by atoms with Gasteiger partial charge in [-0.1, -0.05) is 48.8 Å². The predicted octanol–water partition coefficient (Wildman–Crippen LogP) is 4.89. The summed E-state index contributed by atoms with van der Waals surface area (Å²) in [7, 11) is 1.76. The molecule has 0 aliphatic carbocycles. The number of hydrogen-bond acceptors (Lipinski definition) is 7. The van der Waals surface area contributed by atoms with E-state index in [0.717, 1.165) is 0 Å². The zero-order valence-corrected chi connectivity index (χ0v) is 21.3. The van der Waals surface area contributed by atoms with Crippen molar-refractivity contribution in [1.82, 2.24) is 20.1 Å². The van der Waals surface area contributed by atoms with E-state index in [-0.39, 0.29) is 34.2 Å². The number of halogens is 2. The van der Waals surface area contributed by atoms with E-state index in [1.807, 2.05) is 13.8 Å². The molecule has 2 aromatic carbocycles. The number of nitro benzene ring substituents is 1. The molecule has 0 fully saturated rings. The van der Waals surface area contributed by atoms with E-state index < -0.39 is 11.0 Å². The number of carbonyl (C=O) groups is 2. The molecule has 2 N–H and O–H groups in total. The third-order valence-electron chi connectivity index (χ3n) is 4.98. The van der Waals surface area contributed by atoms with Crippen LogP contribution in [-0.4, -0.2) is 37.3 Å². The molecule has 1 atom stereocenters. The van der Waals surface area contributed by atoms with E-state index >= 15 is 0 Å². The van der Waals surface area contributed by atoms with Gasteiger partial charge in [0.15, 0.2) is 11.0 Å². The first kappa shape index (κ1) is 26.5. The first-order chi connectivity index (χ1) is 16.6. The van der Waals surface area contributed by atoms with Crippen molar-refractivity contribution in [3.8, 4) is 0 Å². The average Bonchev–Trinajstić information content (AvgIpc) is 3.17.